The van der Waals surface area contributed by atoms with Crippen LogP contribution in [0.3, 0.4) is 0 Å². The Morgan fingerprint density at radius 1 is 1.00 bits per heavy atom. The standard InChI is InChI=1S/C22H27N2O2.BrH/c1-17-7-11-19(12-8-17)24-21-6-4-3-5-15-23(21)16-22(24,25)18-9-13-20(26-2)14-10-18;/h7-14,25H,3-6,15-16H2,1-2H3;1H/q+1;/p-1. The molecule has 5 heteroatoms. The number of hydrogen-bond acceptors (Lipinski definition) is 3. The number of rotatable bonds is 3. The predicted molar refractivity (Wildman–Crippen MR) is 104 cm³/mol. The SMILES string of the molecule is COc1ccc(C2(O)C[N+]3=C(CCCCC3)N2c2ccc(C)cc2)cc1.[Br-]. The third kappa shape index (κ3) is 3.63. The van der Waals surface area contributed by atoms with Crippen LogP contribution < -0.4 is 26.6 Å². The summed E-state index contributed by atoms with van der Waals surface area (Å²) in [6.45, 7) is 3.70. The Morgan fingerprint density at radius 2 is 1.70 bits per heavy atom. The van der Waals surface area contributed by atoms with E-state index < -0.39 is 5.72 Å². The van der Waals surface area contributed by atoms with Gasteiger partial charge in [-0.15, -0.1) is 0 Å². The number of aryl methyl sites for hydroxylation is 1. The summed E-state index contributed by atoms with van der Waals surface area (Å²) < 4.78 is 7.66. The summed E-state index contributed by atoms with van der Waals surface area (Å²) in [5.74, 6) is 2.05. The van der Waals surface area contributed by atoms with Crippen LogP contribution in [0.4, 0.5) is 5.69 Å². The van der Waals surface area contributed by atoms with Crippen molar-refractivity contribution >= 4 is 11.5 Å². The van der Waals surface area contributed by atoms with E-state index in [1.807, 2.05) is 24.3 Å². The molecule has 0 fully saturated rings. The van der Waals surface area contributed by atoms with Crippen LogP contribution in [0, 0.1) is 6.92 Å². The van der Waals surface area contributed by atoms with Gasteiger partial charge in [0.1, 0.15) is 11.4 Å². The van der Waals surface area contributed by atoms with E-state index in [1.54, 1.807) is 7.11 Å². The minimum Gasteiger partial charge on any atom is -1.00 e. The van der Waals surface area contributed by atoms with E-state index in [1.165, 1.54) is 30.7 Å². The highest BCUT2D eigenvalue weighted by Crippen LogP contribution is 2.38. The van der Waals surface area contributed by atoms with Crippen molar-refractivity contribution in [1.29, 1.82) is 0 Å². The van der Waals surface area contributed by atoms with Gasteiger partial charge in [-0.05, 0) is 62.6 Å². The predicted octanol–water partition coefficient (Wildman–Crippen LogP) is 0.658. The number of amidine groups is 1. The van der Waals surface area contributed by atoms with Gasteiger partial charge in [0.2, 0.25) is 0 Å². The normalized spacial score (nSPS) is 22.1. The highest BCUT2D eigenvalue weighted by Gasteiger charge is 2.53. The Bertz CT molecular complexity index is 817. The van der Waals surface area contributed by atoms with Crippen LogP contribution in [0.5, 0.6) is 5.75 Å². The van der Waals surface area contributed by atoms with Gasteiger partial charge >= 0.3 is 0 Å². The summed E-state index contributed by atoms with van der Waals surface area (Å²) in [7, 11) is 1.66. The van der Waals surface area contributed by atoms with Crippen molar-refractivity contribution in [2.75, 3.05) is 25.1 Å². The Kier molecular flexibility index (Phi) is 5.92. The second-order valence-electron chi connectivity index (χ2n) is 7.36. The molecule has 0 spiro atoms. The van der Waals surface area contributed by atoms with Crippen molar-refractivity contribution in [3.05, 3.63) is 59.7 Å². The first-order chi connectivity index (χ1) is 12.6. The lowest BCUT2D eigenvalue weighted by Crippen LogP contribution is -3.00. The van der Waals surface area contributed by atoms with Crippen LogP contribution in [0.1, 0.15) is 36.8 Å². The largest absolute Gasteiger partial charge is 1.00 e. The summed E-state index contributed by atoms with van der Waals surface area (Å²) in [4.78, 5) is 2.15. The van der Waals surface area contributed by atoms with E-state index in [9.17, 15) is 5.11 Å². The maximum Gasteiger partial charge on any atom is 0.275 e. The highest BCUT2D eigenvalue weighted by molar-refractivity contribution is 5.97. The first kappa shape index (κ1) is 19.9. The molecule has 0 saturated heterocycles. The Balaban J connectivity index is 0.00000210. The molecule has 144 valence electrons. The number of ether oxygens (including phenoxy) is 1. The molecule has 4 nitrogen and oxygen atoms in total. The van der Waals surface area contributed by atoms with Gasteiger partial charge in [-0.1, -0.05) is 17.7 Å². The fourth-order valence-corrected chi connectivity index (χ4v) is 4.16. The fraction of sp³-hybridized carbons (Fsp3) is 0.409. The molecule has 2 aliphatic rings. The summed E-state index contributed by atoms with van der Waals surface area (Å²) in [6.07, 6.45) is 4.62. The van der Waals surface area contributed by atoms with Gasteiger partial charge in [-0.2, -0.15) is 4.90 Å². The summed E-state index contributed by atoms with van der Waals surface area (Å²) >= 11 is 0. The monoisotopic (exact) mass is 430 g/mol. The van der Waals surface area contributed by atoms with Crippen molar-refractivity contribution in [2.45, 2.75) is 38.3 Å². The molecule has 1 N–H and O–H groups in total. The van der Waals surface area contributed by atoms with E-state index in [0.717, 1.165) is 30.0 Å². The molecule has 2 aromatic carbocycles. The first-order valence-corrected chi connectivity index (χ1v) is 9.46. The Labute approximate surface area is 171 Å². The minimum absolute atomic E-state index is 0. The maximum absolute atomic E-state index is 11.9. The summed E-state index contributed by atoms with van der Waals surface area (Å²) in [6, 6.07) is 16.3. The van der Waals surface area contributed by atoms with E-state index in [0.29, 0.717) is 6.54 Å². The quantitative estimate of drug-likeness (QED) is 0.726. The van der Waals surface area contributed by atoms with Gasteiger partial charge in [0, 0.05) is 12.0 Å². The zero-order valence-electron chi connectivity index (χ0n) is 16.0. The van der Waals surface area contributed by atoms with Crippen molar-refractivity contribution in [2.24, 2.45) is 0 Å². The molecule has 2 aliphatic heterocycles. The topological polar surface area (TPSA) is 35.7 Å². The molecule has 4 rings (SSSR count). The number of anilines is 1. The summed E-state index contributed by atoms with van der Waals surface area (Å²) in [5, 5.41) is 11.9. The smallest absolute Gasteiger partial charge is 0.275 e. The zero-order chi connectivity index (χ0) is 18.1. The van der Waals surface area contributed by atoms with E-state index in [2.05, 4.69) is 40.7 Å². The van der Waals surface area contributed by atoms with Crippen molar-refractivity contribution in [3.63, 3.8) is 0 Å². The van der Waals surface area contributed by atoms with Crippen LogP contribution in [0.25, 0.3) is 0 Å². The third-order valence-corrected chi connectivity index (χ3v) is 5.58. The highest BCUT2D eigenvalue weighted by atomic mass is 79.9. The lowest BCUT2D eigenvalue weighted by Gasteiger charge is -2.29. The van der Waals surface area contributed by atoms with Gasteiger partial charge in [-0.3, -0.25) is 4.58 Å². The second kappa shape index (κ2) is 8.03. The average Bonchev–Trinajstić information content (AvgIpc) is 2.80. The molecular formula is C22H27BrN2O2. The van der Waals surface area contributed by atoms with Gasteiger partial charge in [0.05, 0.1) is 13.7 Å². The lowest BCUT2D eigenvalue weighted by molar-refractivity contribution is -0.534. The Morgan fingerprint density at radius 3 is 2.37 bits per heavy atom. The van der Waals surface area contributed by atoms with Gasteiger partial charge in [-0.25, -0.2) is 0 Å². The molecule has 0 aromatic heterocycles. The van der Waals surface area contributed by atoms with Crippen molar-refractivity contribution < 1.29 is 31.4 Å². The first-order valence-electron chi connectivity index (χ1n) is 9.46. The molecule has 0 amide bonds. The van der Waals surface area contributed by atoms with Crippen molar-refractivity contribution in [3.8, 4) is 5.75 Å². The van der Waals surface area contributed by atoms with Gasteiger partial charge in [0.25, 0.3) is 11.6 Å². The molecule has 27 heavy (non-hydrogen) atoms. The van der Waals surface area contributed by atoms with E-state index in [4.69, 9.17) is 4.74 Å². The zero-order valence-corrected chi connectivity index (χ0v) is 17.6. The maximum atomic E-state index is 11.9. The number of methoxy groups -OCH3 is 1. The molecular weight excluding hydrogens is 404 g/mol. The molecule has 0 radical (unpaired) electrons. The van der Waals surface area contributed by atoms with Gasteiger partial charge < -0.3 is 26.8 Å². The van der Waals surface area contributed by atoms with E-state index >= 15 is 0 Å². The van der Waals surface area contributed by atoms with Crippen LogP contribution in [0.15, 0.2) is 48.5 Å². The number of nitrogens with zero attached hydrogens (tertiary/aromatic N) is 2. The second-order valence-corrected chi connectivity index (χ2v) is 7.36. The van der Waals surface area contributed by atoms with Crippen LogP contribution in [-0.2, 0) is 5.72 Å². The molecule has 0 aliphatic carbocycles. The van der Waals surface area contributed by atoms with Crippen LogP contribution in [-0.4, -0.2) is 35.7 Å². The molecule has 2 heterocycles. The minimum atomic E-state index is -1.06. The number of benzene rings is 2. The molecule has 0 bridgehead atoms. The van der Waals surface area contributed by atoms with Crippen molar-refractivity contribution in [1.82, 2.24) is 0 Å². The molecule has 1 atom stereocenters. The van der Waals surface area contributed by atoms with Crippen LogP contribution >= 0.6 is 0 Å². The van der Waals surface area contributed by atoms with Gasteiger partial charge in [0.15, 0.2) is 6.54 Å². The number of hydrogen-bond donors (Lipinski definition) is 1. The third-order valence-electron chi connectivity index (χ3n) is 5.58. The number of aliphatic hydroxyl groups is 1. The summed E-state index contributed by atoms with van der Waals surface area (Å²) in [5.41, 5.74) is 2.12. The fourth-order valence-electron chi connectivity index (χ4n) is 4.16. The van der Waals surface area contributed by atoms with E-state index in [-0.39, 0.29) is 17.0 Å². The Hall–Kier alpha value is -1.85. The average molecular weight is 431 g/mol. The lowest BCUT2D eigenvalue weighted by atomic mass is 9.99. The molecule has 2 aromatic rings. The molecule has 0 saturated carbocycles. The molecule has 1 unspecified atom stereocenters. The number of halogens is 1. The van der Waals surface area contributed by atoms with Crippen LogP contribution in [0.2, 0.25) is 0 Å².